The number of aromatic nitrogens is 1. The topological polar surface area (TPSA) is 88.5 Å². The molecule has 0 saturated carbocycles. The molecule has 6 heteroatoms. The molecule has 134 valence electrons. The van der Waals surface area contributed by atoms with Crippen molar-refractivity contribution in [3.05, 3.63) is 83.7 Å². The number of ether oxygens (including phenoxy) is 1. The fraction of sp³-hybridized carbons (Fsp3) is 0.0952. The Morgan fingerprint density at radius 2 is 1.63 bits per heavy atom. The first kappa shape index (κ1) is 16.8. The molecular weight excluding hydrogens is 344 g/mol. The van der Waals surface area contributed by atoms with Crippen molar-refractivity contribution in [1.29, 1.82) is 0 Å². The van der Waals surface area contributed by atoms with Crippen molar-refractivity contribution >= 4 is 17.7 Å². The van der Waals surface area contributed by atoms with Gasteiger partial charge in [0.2, 0.25) is 0 Å². The molecular formula is C21H16N2O4. The minimum absolute atomic E-state index is 0.0430. The standard InChI is InChI=1S/C21H16N2O4/c24-20(25)17-9-10-22-11-19(17)23-21(26)27-12-18-15-7-3-1-5-13(15)14-6-2-4-8-16(14)18/h1-11,18H,12H2,(H,23,26)(H,24,25). The lowest BCUT2D eigenvalue weighted by Crippen LogP contribution is -2.19. The van der Waals surface area contributed by atoms with Crippen molar-refractivity contribution in [1.82, 2.24) is 4.98 Å². The molecule has 2 N–H and O–H groups in total. The van der Waals surface area contributed by atoms with Crippen LogP contribution in [0.4, 0.5) is 10.5 Å². The van der Waals surface area contributed by atoms with E-state index in [-0.39, 0.29) is 23.8 Å². The summed E-state index contributed by atoms with van der Waals surface area (Å²) in [6.45, 7) is 0.155. The summed E-state index contributed by atoms with van der Waals surface area (Å²) in [5.74, 6) is -1.21. The summed E-state index contributed by atoms with van der Waals surface area (Å²) in [5, 5.41) is 11.6. The Kier molecular flexibility index (Phi) is 4.30. The molecule has 3 aromatic rings. The lowest BCUT2D eigenvalue weighted by molar-refractivity contribution is 0.0698. The highest BCUT2D eigenvalue weighted by Crippen LogP contribution is 2.44. The fourth-order valence-electron chi connectivity index (χ4n) is 3.43. The summed E-state index contributed by atoms with van der Waals surface area (Å²) >= 11 is 0. The van der Waals surface area contributed by atoms with Gasteiger partial charge in [-0.3, -0.25) is 10.3 Å². The number of amides is 1. The number of anilines is 1. The van der Waals surface area contributed by atoms with Crippen LogP contribution in [0.3, 0.4) is 0 Å². The predicted molar refractivity (Wildman–Crippen MR) is 99.9 cm³/mol. The third-order valence-corrected chi connectivity index (χ3v) is 4.63. The highest BCUT2D eigenvalue weighted by molar-refractivity contribution is 5.98. The molecule has 27 heavy (non-hydrogen) atoms. The van der Waals surface area contributed by atoms with Gasteiger partial charge in [0, 0.05) is 12.1 Å². The third kappa shape index (κ3) is 3.13. The molecule has 0 saturated heterocycles. The molecule has 0 fully saturated rings. The van der Waals surface area contributed by atoms with Gasteiger partial charge in [0.15, 0.2) is 0 Å². The van der Waals surface area contributed by atoms with Gasteiger partial charge in [-0.25, -0.2) is 9.59 Å². The summed E-state index contributed by atoms with van der Waals surface area (Å²) in [4.78, 5) is 27.3. The molecule has 0 atom stereocenters. The van der Waals surface area contributed by atoms with Crippen LogP contribution >= 0.6 is 0 Å². The number of nitrogens with zero attached hydrogens (tertiary/aromatic N) is 1. The van der Waals surface area contributed by atoms with Gasteiger partial charge in [0.05, 0.1) is 17.4 Å². The van der Waals surface area contributed by atoms with E-state index < -0.39 is 12.1 Å². The monoisotopic (exact) mass is 360 g/mol. The van der Waals surface area contributed by atoms with Crippen molar-refractivity contribution in [2.45, 2.75) is 5.92 Å². The molecule has 2 aromatic carbocycles. The van der Waals surface area contributed by atoms with Crippen LogP contribution in [0.15, 0.2) is 67.0 Å². The Labute approximate surface area is 155 Å². The van der Waals surface area contributed by atoms with E-state index in [0.29, 0.717) is 0 Å². The minimum Gasteiger partial charge on any atom is -0.478 e. The maximum absolute atomic E-state index is 12.2. The number of aromatic carboxylic acids is 1. The second-order valence-electron chi connectivity index (χ2n) is 6.18. The number of carboxylic acids is 1. The highest BCUT2D eigenvalue weighted by atomic mass is 16.5. The highest BCUT2D eigenvalue weighted by Gasteiger charge is 2.29. The molecule has 1 heterocycles. The van der Waals surface area contributed by atoms with Crippen molar-refractivity contribution < 1.29 is 19.4 Å². The predicted octanol–water partition coefficient (Wildman–Crippen LogP) is 4.14. The van der Waals surface area contributed by atoms with Crippen LogP contribution in [0.5, 0.6) is 0 Å². The summed E-state index contributed by atoms with van der Waals surface area (Å²) in [6, 6.07) is 17.4. The zero-order chi connectivity index (χ0) is 18.8. The summed E-state index contributed by atoms with van der Waals surface area (Å²) in [7, 11) is 0. The molecule has 1 amide bonds. The molecule has 4 rings (SSSR count). The van der Waals surface area contributed by atoms with E-state index >= 15 is 0 Å². The molecule has 0 aliphatic heterocycles. The Balaban J connectivity index is 1.51. The number of carbonyl (C=O) groups is 2. The summed E-state index contributed by atoms with van der Waals surface area (Å²) in [6.07, 6.45) is 1.92. The summed E-state index contributed by atoms with van der Waals surface area (Å²) in [5.41, 5.74) is 4.56. The Morgan fingerprint density at radius 1 is 1.00 bits per heavy atom. The molecule has 6 nitrogen and oxygen atoms in total. The number of nitrogens with one attached hydrogen (secondary N) is 1. The van der Waals surface area contributed by atoms with Gasteiger partial charge in [-0.2, -0.15) is 0 Å². The van der Waals surface area contributed by atoms with Gasteiger partial charge in [-0.05, 0) is 28.3 Å². The number of hydrogen-bond acceptors (Lipinski definition) is 4. The van der Waals surface area contributed by atoms with Gasteiger partial charge in [0.25, 0.3) is 0 Å². The smallest absolute Gasteiger partial charge is 0.411 e. The Morgan fingerprint density at radius 3 is 2.26 bits per heavy atom. The zero-order valence-corrected chi connectivity index (χ0v) is 14.3. The lowest BCUT2D eigenvalue weighted by Gasteiger charge is -2.15. The van der Waals surface area contributed by atoms with Crippen LogP contribution in [-0.4, -0.2) is 28.8 Å². The first-order valence-corrected chi connectivity index (χ1v) is 8.44. The number of benzene rings is 2. The van der Waals surface area contributed by atoms with Crippen LogP contribution in [-0.2, 0) is 4.74 Å². The maximum atomic E-state index is 12.2. The number of carboxylic acid groups (broad SMARTS) is 1. The molecule has 1 aromatic heterocycles. The van der Waals surface area contributed by atoms with Gasteiger partial charge >= 0.3 is 12.1 Å². The second-order valence-corrected chi connectivity index (χ2v) is 6.18. The van der Waals surface area contributed by atoms with Crippen LogP contribution in [0.2, 0.25) is 0 Å². The fourth-order valence-corrected chi connectivity index (χ4v) is 3.43. The number of rotatable bonds is 4. The quantitative estimate of drug-likeness (QED) is 0.730. The van der Waals surface area contributed by atoms with E-state index in [1.807, 2.05) is 36.4 Å². The van der Waals surface area contributed by atoms with E-state index in [9.17, 15) is 14.7 Å². The van der Waals surface area contributed by atoms with Crippen LogP contribution in [0.1, 0.15) is 27.4 Å². The normalized spacial score (nSPS) is 12.1. The maximum Gasteiger partial charge on any atom is 0.411 e. The zero-order valence-electron chi connectivity index (χ0n) is 14.3. The van der Waals surface area contributed by atoms with Gasteiger partial charge in [-0.1, -0.05) is 48.5 Å². The van der Waals surface area contributed by atoms with Gasteiger partial charge in [0.1, 0.15) is 6.61 Å². The van der Waals surface area contributed by atoms with Crippen LogP contribution < -0.4 is 5.32 Å². The van der Waals surface area contributed by atoms with E-state index in [0.717, 1.165) is 22.3 Å². The first-order valence-electron chi connectivity index (χ1n) is 8.44. The molecule has 0 unspecified atom stereocenters. The molecule has 1 aliphatic carbocycles. The molecule has 0 radical (unpaired) electrons. The van der Waals surface area contributed by atoms with Crippen molar-refractivity contribution in [2.75, 3.05) is 11.9 Å². The average Bonchev–Trinajstić information content (AvgIpc) is 3.00. The number of hydrogen-bond donors (Lipinski definition) is 2. The van der Waals surface area contributed by atoms with E-state index in [1.165, 1.54) is 18.5 Å². The SMILES string of the molecule is O=C(Nc1cnccc1C(=O)O)OCC1c2ccccc2-c2ccccc21. The number of pyridine rings is 1. The van der Waals surface area contributed by atoms with E-state index in [2.05, 4.69) is 22.4 Å². The van der Waals surface area contributed by atoms with Crippen molar-refractivity contribution in [3.63, 3.8) is 0 Å². The van der Waals surface area contributed by atoms with Crippen molar-refractivity contribution in [2.24, 2.45) is 0 Å². The third-order valence-electron chi connectivity index (χ3n) is 4.63. The lowest BCUT2D eigenvalue weighted by atomic mass is 9.98. The summed E-state index contributed by atoms with van der Waals surface area (Å²) < 4.78 is 5.41. The first-order chi connectivity index (χ1) is 13.1. The molecule has 1 aliphatic rings. The largest absolute Gasteiger partial charge is 0.478 e. The van der Waals surface area contributed by atoms with E-state index in [4.69, 9.17) is 4.74 Å². The minimum atomic E-state index is -1.15. The van der Waals surface area contributed by atoms with Crippen LogP contribution in [0, 0.1) is 0 Å². The van der Waals surface area contributed by atoms with Crippen molar-refractivity contribution in [3.8, 4) is 11.1 Å². The Bertz CT molecular complexity index is 986. The Hall–Kier alpha value is -3.67. The average molecular weight is 360 g/mol. The van der Waals surface area contributed by atoms with Gasteiger partial charge in [-0.15, -0.1) is 0 Å². The number of carbonyl (C=O) groups excluding carboxylic acids is 1. The molecule has 0 bridgehead atoms. The second kappa shape index (κ2) is 6.92. The van der Waals surface area contributed by atoms with Gasteiger partial charge < -0.3 is 9.84 Å². The van der Waals surface area contributed by atoms with E-state index in [1.54, 1.807) is 0 Å². The van der Waals surface area contributed by atoms with Crippen LogP contribution in [0.25, 0.3) is 11.1 Å². The number of fused-ring (bicyclic) bond motifs is 3. The molecule has 0 spiro atoms.